The van der Waals surface area contributed by atoms with Gasteiger partial charge in [-0.25, -0.2) is 4.39 Å². The van der Waals surface area contributed by atoms with Crippen molar-refractivity contribution in [1.29, 1.82) is 0 Å². The molecule has 2 aliphatic rings. The van der Waals surface area contributed by atoms with Crippen LogP contribution < -0.4 is 0 Å². The molecule has 0 aliphatic carbocycles. The van der Waals surface area contributed by atoms with Crippen LogP contribution in [0, 0.1) is 12.7 Å². The third-order valence-corrected chi connectivity index (χ3v) is 4.96. The third kappa shape index (κ3) is 3.99. The van der Waals surface area contributed by atoms with Gasteiger partial charge in [0.15, 0.2) is 0 Å². The zero-order valence-corrected chi connectivity index (χ0v) is 14.1. The zero-order chi connectivity index (χ0) is 17.1. The van der Waals surface area contributed by atoms with Gasteiger partial charge in [-0.1, -0.05) is 6.07 Å². The highest BCUT2D eigenvalue weighted by Crippen LogP contribution is 2.15. The number of hydrogen-bond donors (Lipinski definition) is 0. The van der Waals surface area contributed by atoms with Gasteiger partial charge in [-0.15, -0.1) is 0 Å². The Morgan fingerprint density at radius 1 is 0.958 bits per heavy atom. The first-order chi connectivity index (χ1) is 11.5. The minimum absolute atomic E-state index is 0.0366. The van der Waals surface area contributed by atoms with E-state index in [4.69, 9.17) is 0 Å². The van der Waals surface area contributed by atoms with Crippen LogP contribution in [0.2, 0.25) is 0 Å². The second-order valence-electron chi connectivity index (χ2n) is 6.63. The van der Waals surface area contributed by atoms with Crippen molar-refractivity contribution in [3.63, 3.8) is 0 Å². The Bertz CT molecular complexity index is 611. The summed E-state index contributed by atoms with van der Waals surface area (Å²) in [6, 6.07) is 4.96. The maximum atomic E-state index is 13.2. The number of halogens is 1. The topological polar surface area (TPSA) is 43.9 Å². The number of benzene rings is 1. The maximum absolute atomic E-state index is 13.2. The van der Waals surface area contributed by atoms with E-state index in [0.29, 0.717) is 19.4 Å². The Balaban J connectivity index is 1.44. The number of nitrogens with zero attached hydrogens (tertiary/aromatic N) is 3. The molecule has 2 aliphatic heterocycles. The standard InChI is InChI=1S/C18H24FN3O2/c1-14-12-16(19)3-2-15(14)13-21-8-6-20(7-9-21)10-11-22-17(23)4-5-18(22)24/h2-3,12H,4-11,13H2,1H3. The molecule has 5 nitrogen and oxygen atoms in total. The van der Waals surface area contributed by atoms with Crippen LogP contribution in [-0.2, 0) is 16.1 Å². The number of carbonyl (C=O) groups is 2. The van der Waals surface area contributed by atoms with Gasteiger partial charge in [0.05, 0.1) is 0 Å². The molecule has 1 aromatic carbocycles. The number of likely N-dealkylation sites (tertiary alicyclic amines) is 1. The SMILES string of the molecule is Cc1cc(F)ccc1CN1CCN(CCN2C(=O)CCC2=O)CC1. The highest BCUT2D eigenvalue weighted by atomic mass is 19.1. The fourth-order valence-corrected chi connectivity index (χ4v) is 3.36. The first kappa shape index (κ1) is 17.0. The van der Waals surface area contributed by atoms with Gasteiger partial charge >= 0.3 is 0 Å². The first-order valence-corrected chi connectivity index (χ1v) is 8.56. The summed E-state index contributed by atoms with van der Waals surface area (Å²) in [6.45, 7) is 7.78. The summed E-state index contributed by atoms with van der Waals surface area (Å²) in [5.74, 6) is -0.261. The van der Waals surface area contributed by atoms with Gasteiger partial charge in [0.25, 0.3) is 0 Å². The van der Waals surface area contributed by atoms with Crippen molar-refractivity contribution in [3.8, 4) is 0 Å². The number of aryl methyl sites for hydroxylation is 1. The van der Waals surface area contributed by atoms with Crippen LogP contribution in [0.3, 0.4) is 0 Å². The summed E-state index contributed by atoms with van der Waals surface area (Å²) in [6.07, 6.45) is 0.729. The average molecular weight is 333 g/mol. The van der Waals surface area contributed by atoms with E-state index in [0.717, 1.165) is 50.4 Å². The van der Waals surface area contributed by atoms with Crippen molar-refractivity contribution in [3.05, 3.63) is 35.1 Å². The summed E-state index contributed by atoms with van der Waals surface area (Å²) < 4.78 is 13.2. The highest BCUT2D eigenvalue weighted by Gasteiger charge is 2.29. The fraction of sp³-hybridized carbons (Fsp3) is 0.556. The van der Waals surface area contributed by atoms with Crippen molar-refractivity contribution >= 4 is 11.8 Å². The molecule has 2 heterocycles. The van der Waals surface area contributed by atoms with E-state index in [-0.39, 0.29) is 17.6 Å². The molecule has 0 spiro atoms. The number of carbonyl (C=O) groups excluding carboxylic acids is 2. The van der Waals surface area contributed by atoms with Gasteiger partial charge in [-0.2, -0.15) is 0 Å². The summed E-state index contributed by atoms with van der Waals surface area (Å²) in [5, 5.41) is 0. The Labute approximate surface area is 142 Å². The lowest BCUT2D eigenvalue weighted by Gasteiger charge is -2.35. The predicted octanol–water partition coefficient (Wildman–Crippen LogP) is 1.40. The minimum Gasteiger partial charge on any atom is -0.299 e. The van der Waals surface area contributed by atoms with Gasteiger partial charge in [-0.3, -0.25) is 24.3 Å². The molecule has 130 valence electrons. The second-order valence-corrected chi connectivity index (χ2v) is 6.63. The number of amides is 2. The van der Waals surface area contributed by atoms with E-state index >= 15 is 0 Å². The molecule has 2 fully saturated rings. The van der Waals surface area contributed by atoms with Crippen LogP contribution in [0.15, 0.2) is 18.2 Å². The quantitative estimate of drug-likeness (QED) is 0.764. The normalized spacial score (nSPS) is 20.2. The molecule has 0 N–H and O–H groups in total. The fourth-order valence-electron chi connectivity index (χ4n) is 3.36. The van der Waals surface area contributed by atoms with Crippen molar-refractivity contribution in [2.24, 2.45) is 0 Å². The van der Waals surface area contributed by atoms with Crippen molar-refractivity contribution < 1.29 is 14.0 Å². The van der Waals surface area contributed by atoms with Crippen LogP contribution in [0.5, 0.6) is 0 Å². The Kier molecular flexibility index (Phi) is 5.26. The maximum Gasteiger partial charge on any atom is 0.229 e. The van der Waals surface area contributed by atoms with E-state index in [1.165, 1.54) is 11.0 Å². The smallest absolute Gasteiger partial charge is 0.229 e. The lowest BCUT2D eigenvalue weighted by Crippen LogP contribution is -2.48. The molecular weight excluding hydrogens is 309 g/mol. The van der Waals surface area contributed by atoms with Crippen molar-refractivity contribution in [2.75, 3.05) is 39.3 Å². The van der Waals surface area contributed by atoms with Gasteiger partial charge in [-0.05, 0) is 30.2 Å². The van der Waals surface area contributed by atoms with Crippen LogP contribution in [0.4, 0.5) is 4.39 Å². The van der Waals surface area contributed by atoms with E-state index in [1.54, 1.807) is 6.07 Å². The number of piperazine rings is 1. The molecule has 2 saturated heterocycles. The summed E-state index contributed by atoms with van der Waals surface area (Å²) in [4.78, 5) is 29.3. The Morgan fingerprint density at radius 2 is 1.58 bits per heavy atom. The van der Waals surface area contributed by atoms with Crippen molar-refractivity contribution in [2.45, 2.75) is 26.3 Å². The summed E-state index contributed by atoms with van der Waals surface area (Å²) in [7, 11) is 0. The summed E-state index contributed by atoms with van der Waals surface area (Å²) in [5.41, 5.74) is 2.15. The molecule has 0 saturated carbocycles. The van der Waals surface area contributed by atoms with Crippen LogP contribution in [0.25, 0.3) is 0 Å². The molecule has 1 aromatic rings. The molecule has 3 rings (SSSR count). The Morgan fingerprint density at radius 3 is 2.21 bits per heavy atom. The third-order valence-electron chi connectivity index (χ3n) is 4.96. The highest BCUT2D eigenvalue weighted by molar-refractivity contribution is 6.01. The molecular formula is C18H24FN3O2. The van der Waals surface area contributed by atoms with Gasteiger partial charge in [0, 0.05) is 58.7 Å². The predicted molar refractivity (Wildman–Crippen MR) is 88.8 cm³/mol. The van der Waals surface area contributed by atoms with Crippen molar-refractivity contribution in [1.82, 2.24) is 14.7 Å². The van der Waals surface area contributed by atoms with E-state index < -0.39 is 0 Å². The van der Waals surface area contributed by atoms with E-state index in [2.05, 4.69) is 9.80 Å². The molecule has 24 heavy (non-hydrogen) atoms. The molecule has 0 bridgehead atoms. The minimum atomic E-state index is -0.188. The monoisotopic (exact) mass is 333 g/mol. The molecule has 0 aromatic heterocycles. The number of rotatable bonds is 5. The number of hydrogen-bond acceptors (Lipinski definition) is 4. The molecule has 0 unspecified atom stereocenters. The van der Waals surface area contributed by atoms with E-state index in [1.807, 2.05) is 13.0 Å². The Hall–Kier alpha value is -1.79. The van der Waals surface area contributed by atoms with Gasteiger partial charge in [0.2, 0.25) is 11.8 Å². The zero-order valence-electron chi connectivity index (χ0n) is 14.1. The van der Waals surface area contributed by atoms with Crippen LogP contribution >= 0.6 is 0 Å². The van der Waals surface area contributed by atoms with E-state index in [9.17, 15) is 14.0 Å². The lowest BCUT2D eigenvalue weighted by molar-refractivity contribution is -0.138. The number of imide groups is 1. The lowest BCUT2D eigenvalue weighted by atomic mass is 10.1. The second kappa shape index (κ2) is 7.40. The van der Waals surface area contributed by atoms with Gasteiger partial charge in [0.1, 0.15) is 5.82 Å². The largest absolute Gasteiger partial charge is 0.299 e. The molecule has 0 atom stereocenters. The van der Waals surface area contributed by atoms with Crippen LogP contribution in [0.1, 0.15) is 24.0 Å². The summed E-state index contributed by atoms with van der Waals surface area (Å²) >= 11 is 0. The molecule has 0 radical (unpaired) electrons. The van der Waals surface area contributed by atoms with Crippen LogP contribution in [-0.4, -0.2) is 65.8 Å². The molecule has 2 amide bonds. The average Bonchev–Trinajstić information content (AvgIpc) is 2.88. The van der Waals surface area contributed by atoms with Gasteiger partial charge < -0.3 is 0 Å². The first-order valence-electron chi connectivity index (χ1n) is 8.56. The molecule has 6 heteroatoms.